The van der Waals surface area contributed by atoms with E-state index in [4.69, 9.17) is 18.9 Å². The fourth-order valence-electron chi connectivity index (χ4n) is 2.96. The second kappa shape index (κ2) is 9.08. The van der Waals surface area contributed by atoms with Crippen molar-refractivity contribution in [3.05, 3.63) is 65.2 Å². The highest BCUT2D eigenvalue weighted by atomic mass is 16.7. The average Bonchev–Trinajstić information content (AvgIpc) is 3.16. The summed E-state index contributed by atoms with van der Waals surface area (Å²) in [6, 6.07) is 14.9. The van der Waals surface area contributed by atoms with E-state index >= 15 is 0 Å². The van der Waals surface area contributed by atoms with Gasteiger partial charge in [0.1, 0.15) is 5.57 Å². The molecule has 2 aromatic rings. The summed E-state index contributed by atoms with van der Waals surface area (Å²) in [6.07, 6.45) is 0.355. The normalized spacial score (nSPS) is 11.6. The molecule has 28 heavy (non-hydrogen) atoms. The molecule has 0 amide bonds. The second-order valence-electron chi connectivity index (χ2n) is 6.02. The van der Waals surface area contributed by atoms with Crippen molar-refractivity contribution in [1.29, 1.82) is 0 Å². The van der Waals surface area contributed by atoms with E-state index in [9.17, 15) is 9.59 Å². The highest BCUT2D eigenvalue weighted by Crippen LogP contribution is 2.36. The Kier molecular flexibility index (Phi) is 6.32. The molecule has 0 spiro atoms. The molecule has 0 aliphatic carbocycles. The van der Waals surface area contributed by atoms with Crippen molar-refractivity contribution in [2.45, 2.75) is 20.3 Å². The van der Waals surface area contributed by atoms with E-state index in [0.29, 0.717) is 29.1 Å². The van der Waals surface area contributed by atoms with Gasteiger partial charge in [-0.15, -0.1) is 0 Å². The molecular formula is C22H22O6. The largest absolute Gasteiger partial charge is 0.462 e. The third-order valence-corrected chi connectivity index (χ3v) is 4.21. The summed E-state index contributed by atoms with van der Waals surface area (Å²) in [4.78, 5) is 25.3. The van der Waals surface area contributed by atoms with Crippen LogP contribution in [-0.2, 0) is 25.5 Å². The second-order valence-corrected chi connectivity index (χ2v) is 6.02. The van der Waals surface area contributed by atoms with Gasteiger partial charge in [-0.05, 0) is 49.1 Å². The maximum absolute atomic E-state index is 12.7. The summed E-state index contributed by atoms with van der Waals surface area (Å²) in [7, 11) is 0. The Labute approximate surface area is 163 Å². The Bertz CT molecular complexity index is 865. The molecular weight excluding hydrogens is 360 g/mol. The number of hydrogen-bond acceptors (Lipinski definition) is 6. The first-order valence-corrected chi connectivity index (χ1v) is 9.15. The summed E-state index contributed by atoms with van der Waals surface area (Å²) >= 11 is 0. The maximum Gasteiger partial charge on any atom is 0.345 e. The number of hydrogen-bond donors (Lipinski definition) is 0. The molecule has 0 unspecified atom stereocenters. The van der Waals surface area contributed by atoms with Gasteiger partial charge in [-0.1, -0.05) is 36.4 Å². The minimum atomic E-state index is -0.704. The van der Waals surface area contributed by atoms with Crippen LogP contribution in [0.25, 0.3) is 5.57 Å². The van der Waals surface area contributed by atoms with Gasteiger partial charge in [0.2, 0.25) is 6.79 Å². The number of esters is 2. The van der Waals surface area contributed by atoms with Crippen molar-refractivity contribution in [1.82, 2.24) is 0 Å². The minimum Gasteiger partial charge on any atom is -0.462 e. The van der Waals surface area contributed by atoms with Crippen molar-refractivity contribution in [3.8, 4) is 11.5 Å². The molecule has 0 saturated heterocycles. The number of rotatable bonds is 7. The molecule has 146 valence electrons. The predicted octanol–water partition coefficient (Wildman–Crippen LogP) is 3.54. The lowest BCUT2D eigenvalue weighted by Crippen LogP contribution is -2.21. The molecule has 0 fully saturated rings. The van der Waals surface area contributed by atoms with Gasteiger partial charge in [-0.2, -0.15) is 0 Å². The zero-order valence-corrected chi connectivity index (χ0v) is 15.9. The summed E-state index contributed by atoms with van der Waals surface area (Å²) in [5, 5.41) is 0. The van der Waals surface area contributed by atoms with Crippen LogP contribution < -0.4 is 9.47 Å². The lowest BCUT2D eigenvalue weighted by Gasteiger charge is -2.15. The molecule has 0 atom stereocenters. The van der Waals surface area contributed by atoms with Crippen LogP contribution in [-0.4, -0.2) is 31.9 Å². The van der Waals surface area contributed by atoms with Crippen molar-refractivity contribution >= 4 is 17.5 Å². The third kappa shape index (κ3) is 4.34. The summed E-state index contributed by atoms with van der Waals surface area (Å²) in [6.45, 7) is 3.83. The number of fused-ring (bicyclic) bond motifs is 1. The van der Waals surface area contributed by atoms with Crippen LogP contribution in [0.2, 0.25) is 0 Å². The van der Waals surface area contributed by atoms with E-state index in [1.54, 1.807) is 32.0 Å². The summed E-state index contributed by atoms with van der Waals surface area (Å²) in [5.74, 6) is -0.221. The Morgan fingerprint density at radius 2 is 1.54 bits per heavy atom. The smallest absolute Gasteiger partial charge is 0.345 e. The van der Waals surface area contributed by atoms with Crippen LogP contribution in [0.4, 0.5) is 0 Å². The van der Waals surface area contributed by atoms with E-state index in [0.717, 1.165) is 5.56 Å². The van der Waals surface area contributed by atoms with Gasteiger partial charge < -0.3 is 18.9 Å². The SMILES string of the molecule is CCOC(=O)C(C(=O)OCC)=C(Cc1ccccc1)c1ccc2c(c1)OCO2. The number of benzene rings is 2. The Balaban J connectivity index is 2.14. The Hall–Kier alpha value is -3.28. The number of carbonyl (C=O) groups is 2. The van der Waals surface area contributed by atoms with Crippen molar-refractivity contribution in [3.63, 3.8) is 0 Å². The highest BCUT2D eigenvalue weighted by molar-refractivity contribution is 6.20. The standard InChI is InChI=1S/C22H22O6/c1-3-25-21(23)20(22(24)26-4-2)17(12-15-8-6-5-7-9-15)16-10-11-18-19(13-16)28-14-27-18/h5-11,13H,3-4,12,14H2,1-2H3. The Morgan fingerprint density at radius 1 is 0.893 bits per heavy atom. The molecule has 6 heteroatoms. The predicted molar refractivity (Wildman–Crippen MR) is 103 cm³/mol. The van der Waals surface area contributed by atoms with Crippen LogP contribution >= 0.6 is 0 Å². The molecule has 0 N–H and O–H groups in total. The molecule has 1 aliphatic rings. The van der Waals surface area contributed by atoms with Gasteiger partial charge >= 0.3 is 11.9 Å². The van der Waals surface area contributed by atoms with Gasteiger partial charge in [0.15, 0.2) is 11.5 Å². The van der Waals surface area contributed by atoms with Crippen LogP contribution in [0.15, 0.2) is 54.1 Å². The molecule has 1 heterocycles. The fourth-order valence-corrected chi connectivity index (χ4v) is 2.96. The molecule has 2 aromatic carbocycles. The molecule has 6 nitrogen and oxygen atoms in total. The van der Waals surface area contributed by atoms with E-state index < -0.39 is 11.9 Å². The minimum absolute atomic E-state index is 0.105. The lowest BCUT2D eigenvalue weighted by molar-refractivity contribution is -0.146. The lowest BCUT2D eigenvalue weighted by atomic mass is 9.93. The maximum atomic E-state index is 12.7. The summed E-state index contributed by atoms with van der Waals surface area (Å²) < 4.78 is 21.1. The van der Waals surface area contributed by atoms with Gasteiger partial charge in [-0.3, -0.25) is 0 Å². The van der Waals surface area contributed by atoms with Crippen molar-refractivity contribution in [2.24, 2.45) is 0 Å². The molecule has 0 bridgehead atoms. The van der Waals surface area contributed by atoms with Gasteiger partial charge in [0.05, 0.1) is 13.2 Å². The molecule has 0 aromatic heterocycles. The van der Waals surface area contributed by atoms with Gasteiger partial charge in [-0.25, -0.2) is 9.59 Å². The molecule has 1 aliphatic heterocycles. The monoisotopic (exact) mass is 382 g/mol. The molecule has 0 saturated carbocycles. The zero-order chi connectivity index (χ0) is 19.9. The van der Waals surface area contributed by atoms with Crippen LogP contribution in [0.3, 0.4) is 0 Å². The van der Waals surface area contributed by atoms with Crippen molar-refractivity contribution < 1.29 is 28.5 Å². The number of allylic oxidation sites excluding steroid dienone is 1. The van der Waals surface area contributed by atoms with E-state index in [2.05, 4.69) is 0 Å². The first kappa shape index (κ1) is 19.5. The van der Waals surface area contributed by atoms with Crippen LogP contribution in [0.1, 0.15) is 25.0 Å². The number of carbonyl (C=O) groups excluding carboxylic acids is 2. The van der Waals surface area contributed by atoms with Crippen LogP contribution in [0, 0.1) is 0 Å². The first-order chi connectivity index (χ1) is 13.6. The van der Waals surface area contributed by atoms with E-state index in [1.807, 2.05) is 30.3 Å². The Morgan fingerprint density at radius 3 is 2.18 bits per heavy atom. The average molecular weight is 382 g/mol. The number of ether oxygens (including phenoxy) is 4. The zero-order valence-electron chi connectivity index (χ0n) is 15.9. The highest BCUT2D eigenvalue weighted by Gasteiger charge is 2.28. The molecule has 3 rings (SSSR count). The topological polar surface area (TPSA) is 71.1 Å². The summed E-state index contributed by atoms with van der Waals surface area (Å²) in [5.41, 5.74) is 2.03. The quantitative estimate of drug-likeness (QED) is 0.316. The fraction of sp³-hybridized carbons (Fsp3) is 0.273. The van der Waals surface area contributed by atoms with E-state index in [1.165, 1.54) is 0 Å². The van der Waals surface area contributed by atoms with Gasteiger partial charge in [0, 0.05) is 0 Å². The van der Waals surface area contributed by atoms with Crippen LogP contribution in [0.5, 0.6) is 11.5 Å². The van der Waals surface area contributed by atoms with Gasteiger partial charge in [0.25, 0.3) is 0 Å². The van der Waals surface area contributed by atoms with E-state index in [-0.39, 0.29) is 25.6 Å². The van der Waals surface area contributed by atoms with Crippen molar-refractivity contribution in [2.75, 3.05) is 20.0 Å². The first-order valence-electron chi connectivity index (χ1n) is 9.15. The molecule has 0 radical (unpaired) electrons. The third-order valence-electron chi connectivity index (χ3n) is 4.21.